The fraction of sp³-hybridized carbons (Fsp3) is 0.810. The predicted octanol–water partition coefficient (Wildman–Crippen LogP) is 7.35. The second-order valence-electron chi connectivity index (χ2n) is 7.44. The quantitative estimate of drug-likeness (QED) is 0.339. The van der Waals surface area contributed by atoms with Crippen molar-refractivity contribution in [3.8, 4) is 0 Å². The van der Waals surface area contributed by atoms with Crippen LogP contribution in [-0.2, 0) is 0 Å². The minimum absolute atomic E-state index is 0.258. The van der Waals surface area contributed by atoms with E-state index in [9.17, 15) is 0 Å². The highest BCUT2D eigenvalue weighted by molar-refractivity contribution is 7.60. The van der Waals surface area contributed by atoms with Crippen molar-refractivity contribution in [3.05, 3.63) is 24.0 Å². The van der Waals surface area contributed by atoms with E-state index in [-0.39, 0.29) is 7.92 Å². The summed E-state index contributed by atoms with van der Waals surface area (Å²) in [6, 6.07) is 0. The van der Waals surface area contributed by atoms with E-state index in [4.69, 9.17) is 0 Å². The Labute approximate surface area is 140 Å². The van der Waals surface area contributed by atoms with Crippen LogP contribution in [0.5, 0.6) is 0 Å². The van der Waals surface area contributed by atoms with Crippen molar-refractivity contribution in [2.45, 2.75) is 78.1 Å². The van der Waals surface area contributed by atoms with Gasteiger partial charge >= 0.3 is 0 Å². The highest BCUT2D eigenvalue weighted by Crippen LogP contribution is 2.48. The van der Waals surface area contributed by atoms with Crippen LogP contribution in [0.1, 0.15) is 78.1 Å². The molecule has 1 saturated carbocycles. The summed E-state index contributed by atoms with van der Waals surface area (Å²) in [4.78, 5) is 0. The summed E-state index contributed by atoms with van der Waals surface area (Å²) < 4.78 is 0. The molecule has 0 aromatic heterocycles. The molecule has 1 saturated heterocycles. The van der Waals surface area contributed by atoms with Crippen molar-refractivity contribution < 1.29 is 0 Å². The first-order valence-electron chi connectivity index (χ1n) is 9.90. The largest absolute Gasteiger partial charge is 0.0883 e. The lowest BCUT2D eigenvalue weighted by Gasteiger charge is -2.37. The van der Waals surface area contributed by atoms with Crippen LogP contribution in [0, 0.1) is 17.8 Å². The molecule has 0 amide bonds. The van der Waals surface area contributed by atoms with Crippen LogP contribution >= 0.6 is 7.92 Å². The molecule has 2 rings (SSSR count). The minimum Gasteiger partial charge on any atom is -0.0883 e. The third kappa shape index (κ3) is 6.19. The molecule has 2 fully saturated rings. The number of hydrogen-bond donors (Lipinski definition) is 0. The van der Waals surface area contributed by atoms with Crippen LogP contribution in [0.2, 0.25) is 0 Å². The van der Waals surface area contributed by atoms with Crippen molar-refractivity contribution in [3.63, 3.8) is 0 Å². The topological polar surface area (TPSA) is 0 Å². The van der Waals surface area contributed by atoms with Gasteiger partial charge in [-0.3, -0.25) is 0 Å². The Balaban J connectivity index is 1.66. The summed E-state index contributed by atoms with van der Waals surface area (Å²) in [5.74, 6) is 5.62. The molecule has 0 aromatic carbocycles. The monoisotopic (exact) mass is 320 g/mol. The molecule has 0 unspecified atom stereocenters. The Hall–Kier alpha value is -0.0900. The molecule has 0 aromatic rings. The van der Waals surface area contributed by atoms with Gasteiger partial charge in [-0.15, -0.1) is 0 Å². The Bertz CT molecular complexity index is 294. The molecular weight excluding hydrogens is 283 g/mol. The summed E-state index contributed by atoms with van der Waals surface area (Å²) in [6.45, 7) is 4.55. The van der Waals surface area contributed by atoms with Gasteiger partial charge in [0.15, 0.2) is 0 Å². The summed E-state index contributed by atoms with van der Waals surface area (Å²) in [7, 11) is 0.258. The number of hydrogen-bond acceptors (Lipinski definition) is 0. The molecule has 126 valence electrons. The number of unbranched alkanes of at least 4 members (excludes halogenated alkanes) is 2. The Morgan fingerprint density at radius 3 is 2.00 bits per heavy atom. The lowest BCUT2D eigenvalue weighted by atomic mass is 9.74. The van der Waals surface area contributed by atoms with Gasteiger partial charge in [0, 0.05) is 0 Å². The van der Waals surface area contributed by atoms with Gasteiger partial charge in [-0.2, -0.15) is 0 Å². The van der Waals surface area contributed by atoms with Crippen molar-refractivity contribution >= 4 is 7.92 Å². The summed E-state index contributed by atoms with van der Waals surface area (Å²) in [5.41, 5.74) is 0. The molecule has 1 heteroatoms. The first-order chi connectivity index (χ1) is 10.8. The molecule has 0 N–H and O–H groups in total. The van der Waals surface area contributed by atoms with Crippen LogP contribution < -0.4 is 0 Å². The maximum Gasteiger partial charge on any atom is -0.0233 e. The highest BCUT2D eigenvalue weighted by atomic mass is 31.1. The fourth-order valence-electron chi connectivity index (χ4n) is 4.19. The predicted molar refractivity (Wildman–Crippen MR) is 103 cm³/mol. The average molecular weight is 321 g/mol. The molecule has 0 nitrogen and oxygen atoms in total. The van der Waals surface area contributed by atoms with E-state index in [0.717, 1.165) is 17.8 Å². The second-order valence-corrected chi connectivity index (χ2v) is 9.81. The zero-order chi connectivity index (χ0) is 15.6. The minimum atomic E-state index is 0.258. The number of rotatable bonds is 7. The summed E-state index contributed by atoms with van der Waals surface area (Å²) >= 11 is 0. The molecule has 0 atom stereocenters. The van der Waals surface area contributed by atoms with Crippen LogP contribution in [0.15, 0.2) is 24.0 Å². The smallest absolute Gasteiger partial charge is 0.0233 e. The molecule has 0 spiro atoms. The molecule has 1 aliphatic heterocycles. The van der Waals surface area contributed by atoms with Crippen LogP contribution in [0.4, 0.5) is 0 Å². The van der Waals surface area contributed by atoms with Gasteiger partial charge in [-0.1, -0.05) is 58.7 Å². The maximum absolute atomic E-state index is 2.59. The molecule has 1 aliphatic carbocycles. The lowest BCUT2D eigenvalue weighted by molar-refractivity contribution is 0.211. The second kappa shape index (κ2) is 10.6. The lowest BCUT2D eigenvalue weighted by Crippen LogP contribution is -2.24. The van der Waals surface area contributed by atoms with Crippen LogP contribution in [-0.4, -0.2) is 12.3 Å². The molecule has 22 heavy (non-hydrogen) atoms. The van der Waals surface area contributed by atoms with Crippen LogP contribution in [0.3, 0.4) is 0 Å². The summed E-state index contributed by atoms with van der Waals surface area (Å²) in [5, 5.41) is 0. The van der Waals surface area contributed by atoms with E-state index in [1.165, 1.54) is 76.5 Å². The van der Waals surface area contributed by atoms with Gasteiger partial charge in [0.05, 0.1) is 0 Å². The van der Waals surface area contributed by atoms with E-state index in [1.807, 2.05) is 0 Å². The molecule has 1 heterocycles. The van der Waals surface area contributed by atoms with Gasteiger partial charge in [0.2, 0.25) is 0 Å². The van der Waals surface area contributed by atoms with Crippen molar-refractivity contribution in [2.24, 2.45) is 17.8 Å². The number of allylic oxidation sites excluding steroid dienone is 3. The molecule has 0 bridgehead atoms. The van der Waals surface area contributed by atoms with Gasteiger partial charge in [0.25, 0.3) is 0 Å². The van der Waals surface area contributed by atoms with Crippen molar-refractivity contribution in [1.82, 2.24) is 0 Å². The molecule has 2 aliphatic rings. The third-order valence-corrected chi connectivity index (χ3v) is 7.99. The maximum atomic E-state index is 2.59. The SMILES string of the molecule is CCC/C=C/C1CCC(C2CCP(/C=C/CCC)CC2)CC1. The van der Waals surface area contributed by atoms with E-state index in [0.29, 0.717) is 0 Å². The normalized spacial score (nSPS) is 33.7. The highest BCUT2D eigenvalue weighted by Gasteiger charge is 2.29. The standard InChI is InChI=1S/C21H37P/c1-3-5-7-9-19-10-12-20(13-11-19)21-14-17-22(18-15-21)16-8-6-4-2/h7-9,16,19-21H,3-6,10-15,17-18H2,1-2H3/b9-7+,16-8+. The summed E-state index contributed by atoms with van der Waals surface area (Å²) in [6.07, 6.45) is 24.6. The zero-order valence-corrected chi connectivity index (χ0v) is 15.9. The van der Waals surface area contributed by atoms with Crippen molar-refractivity contribution in [2.75, 3.05) is 12.3 Å². The van der Waals surface area contributed by atoms with Gasteiger partial charge in [-0.05, 0) is 81.4 Å². The fourth-order valence-corrected chi connectivity index (χ4v) is 6.49. The zero-order valence-electron chi connectivity index (χ0n) is 15.0. The van der Waals surface area contributed by atoms with Crippen LogP contribution in [0.25, 0.3) is 0 Å². The van der Waals surface area contributed by atoms with E-state index >= 15 is 0 Å². The van der Waals surface area contributed by atoms with Gasteiger partial charge < -0.3 is 0 Å². The Morgan fingerprint density at radius 2 is 1.36 bits per heavy atom. The van der Waals surface area contributed by atoms with Gasteiger partial charge in [0.1, 0.15) is 0 Å². The Kier molecular flexibility index (Phi) is 8.83. The van der Waals surface area contributed by atoms with E-state index in [1.54, 1.807) is 0 Å². The average Bonchev–Trinajstić information content (AvgIpc) is 2.57. The van der Waals surface area contributed by atoms with E-state index < -0.39 is 0 Å². The molecular formula is C21H37P. The third-order valence-electron chi connectivity index (χ3n) is 5.69. The van der Waals surface area contributed by atoms with Gasteiger partial charge in [-0.25, -0.2) is 0 Å². The Morgan fingerprint density at radius 1 is 0.773 bits per heavy atom. The molecule has 0 radical (unpaired) electrons. The van der Waals surface area contributed by atoms with E-state index in [2.05, 4.69) is 37.9 Å². The van der Waals surface area contributed by atoms with Crippen molar-refractivity contribution in [1.29, 1.82) is 0 Å². The first-order valence-corrected chi connectivity index (χ1v) is 11.7. The first kappa shape index (κ1) is 18.3.